The van der Waals surface area contributed by atoms with Crippen molar-refractivity contribution in [3.8, 4) is 0 Å². The van der Waals surface area contributed by atoms with E-state index in [9.17, 15) is 13.2 Å². The van der Waals surface area contributed by atoms with E-state index in [-0.39, 0.29) is 17.4 Å². The fourth-order valence-electron chi connectivity index (χ4n) is 2.90. The molecular formula is C12H21NO4S. The van der Waals surface area contributed by atoms with Gasteiger partial charge in [-0.05, 0) is 38.5 Å². The molecule has 1 aliphatic carbocycles. The van der Waals surface area contributed by atoms with Crippen LogP contribution in [0.1, 0.15) is 38.5 Å². The Morgan fingerprint density at radius 3 is 1.94 bits per heavy atom. The Labute approximate surface area is 108 Å². The molecule has 104 valence electrons. The molecule has 2 fully saturated rings. The summed E-state index contributed by atoms with van der Waals surface area (Å²) in [5.74, 6) is -0.295. The van der Waals surface area contributed by atoms with E-state index in [1.165, 1.54) is 0 Å². The zero-order chi connectivity index (χ0) is 13.2. The number of aliphatic carboxylic acids is 1. The first-order valence-corrected chi connectivity index (χ1v) is 8.48. The minimum absolute atomic E-state index is 0.185. The van der Waals surface area contributed by atoms with Gasteiger partial charge in [-0.25, -0.2) is 8.42 Å². The predicted molar refractivity (Wildman–Crippen MR) is 68.2 cm³/mol. The lowest BCUT2D eigenvalue weighted by molar-refractivity contribution is -0.142. The van der Waals surface area contributed by atoms with E-state index in [0.29, 0.717) is 24.9 Å². The number of hydrogen-bond donors (Lipinski definition) is 2. The first-order valence-electron chi connectivity index (χ1n) is 6.65. The molecule has 0 atom stereocenters. The van der Waals surface area contributed by atoms with Gasteiger partial charge in [-0.1, -0.05) is 0 Å². The fourth-order valence-corrected chi connectivity index (χ4v) is 4.39. The van der Waals surface area contributed by atoms with Crippen molar-refractivity contribution >= 4 is 15.8 Å². The molecule has 18 heavy (non-hydrogen) atoms. The van der Waals surface area contributed by atoms with E-state index in [0.717, 1.165) is 25.7 Å². The molecule has 0 bridgehead atoms. The molecule has 2 N–H and O–H groups in total. The minimum Gasteiger partial charge on any atom is -0.481 e. The average Bonchev–Trinajstić information content (AvgIpc) is 2.33. The maximum atomic E-state index is 11.3. The van der Waals surface area contributed by atoms with Crippen LogP contribution in [0, 0.1) is 5.92 Å². The van der Waals surface area contributed by atoms with E-state index >= 15 is 0 Å². The Hall–Kier alpha value is -0.620. The van der Waals surface area contributed by atoms with E-state index in [4.69, 9.17) is 5.11 Å². The number of rotatable bonds is 3. The summed E-state index contributed by atoms with van der Waals surface area (Å²) >= 11 is 0. The van der Waals surface area contributed by atoms with Crippen LogP contribution in [0.25, 0.3) is 0 Å². The Morgan fingerprint density at radius 1 is 0.944 bits per heavy atom. The van der Waals surface area contributed by atoms with Gasteiger partial charge in [-0.2, -0.15) is 0 Å². The van der Waals surface area contributed by atoms with Crippen molar-refractivity contribution in [3.05, 3.63) is 0 Å². The summed E-state index contributed by atoms with van der Waals surface area (Å²) in [4.78, 5) is 10.8. The molecule has 5 nitrogen and oxygen atoms in total. The summed E-state index contributed by atoms with van der Waals surface area (Å²) in [5.41, 5.74) is 0. The number of carbonyl (C=O) groups is 1. The number of sulfone groups is 1. The second-order valence-corrected chi connectivity index (χ2v) is 7.78. The predicted octanol–water partition coefficient (Wildman–Crippen LogP) is 0.797. The van der Waals surface area contributed by atoms with E-state index < -0.39 is 15.8 Å². The van der Waals surface area contributed by atoms with Crippen molar-refractivity contribution in [2.75, 3.05) is 11.5 Å². The molecule has 1 saturated carbocycles. The lowest BCUT2D eigenvalue weighted by Gasteiger charge is -2.32. The maximum absolute atomic E-state index is 11.3. The summed E-state index contributed by atoms with van der Waals surface area (Å²) in [6, 6.07) is 0.659. The van der Waals surface area contributed by atoms with Crippen molar-refractivity contribution < 1.29 is 18.3 Å². The Bertz CT molecular complexity index is 384. The zero-order valence-electron chi connectivity index (χ0n) is 10.5. The molecular weight excluding hydrogens is 254 g/mol. The zero-order valence-corrected chi connectivity index (χ0v) is 11.3. The first kappa shape index (κ1) is 13.8. The minimum atomic E-state index is -2.79. The first-order chi connectivity index (χ1) is 8.46. The highest BCUT2D eigenvalue weighted by Gasteiger charge is 2.29. The van der Waals surface area contributed by atoms with Gasteiger partial charge in [0.1, 0.15) is 9.84 Å². The molecule has 0 amide bonds. The van der Waals surface area contributed by atoms with Crippen LogP contribution >= 0.6 is 0 Å². The number of carboxylic acid groups (broad SMARTS) is 1. The lowest BCUT2D eigenvalue weighted by Crippen LogP contribution is -2.44. The van der Waals surface area contributed by atoms with Crippen LogP contribution in [0.4, 0.5) is 0 Å². The highest BCUT2D eigenvalue weighted by atomic mass is 32.2. The maximum Gasteiger partial charge on any atom is 0.306 e. The van der Waals surface area contributed by atoms with Crippen molar-refractivity contribution in [3.63, 3.8) is 0 Å². The van der Waals surface area contributed by atoms with Crippen molar-refractivity contribution in [2.45, 2.75) is 50.6 Å². The van der Waals surface area contributed by atoms with Gasteiger partial charge < -0.3 is 10.4 Å². The average molecular weight is 275 g/mol. The molecule has 1 heterocycles. The SMILES string of the molecule is O=C(O)C1CCC(NC2CCS(=O)(=O)CC2)CC1. The third-order valence-corrected chi connectivity index (χ3v) is 5.82. The summed E-state index contributed by atoms with van der Waals surface area (Å²) in [5, 5.41) is 12.4. The van der Waals surface area contributed by atoms with Gasteiger partial charge in [0.05, 0.1) is 17.4 Å². The summed E-state index contributed by atoms with van der Waals surface area (Å²) in [6.45, 7) is 0. The standard InChI is InChI=1S/C12H21NO4S/c14-12(15)9-1-3-10(4-2-9)13-11-5-7-18(16,17)8-6-11/h9-11,13H,1-8H2,(H,14,15). The third kappa shape index (κ3) is 3.68. The Kier molecular flexibility index (Phi) is 4.27. The third-order valence-electron chi connectivity index (χ3n) is 4.10. The second kappa shape index (κ2) is 5.57. The van der Waals surface area contributed by atoms with Crippen molar-refractivity contribution in [1.82, 2.24) is 5.32 Å². The monoisotopic (exact) mass is 275 g/mol. The van der Waals surface area contributed by atoms with Gasteiger partial charge >= 0.3 is 5.97 Å². The summed E-state index contributed by atoms with van der Waals surface area (Å²) in [6.07, 6.45) is 4.64. The molecule has 2 rings (SSSR count). The molecule has 0 aromatic rings. The second-order valence-electron chi connectivity index (χ2n) is 5.48. The van der Waals surface area contributed by atoms with Crippen LogP contribution < -0.4 is 5.32 Å². The number of carboxylic acids is 1. The molecule has 1 saturated heterocycles. The highest BCUT2D eigenvalue weighted by molar-refractivity contribution is 7.91. The lowest BCUT2D eigenvalue weighted by atomic mass is 9.85. The number of nitrogens with one attached hydrogen (secondary N) is 1. The molecule has 0 aromatic heterocycles. The van der Waals surface area contributed by atoms with E-state index in [2.05, 4.69) is 5.32 Å². The van der Waals surface area contributed by atoms with Crippen LogP contribution in [-0.4, -0.2) is 43.1 Å². The molecule has 2 aliphatic rings. The van der Waals surface area contributed by atoms with Crippen LogP contribution in [-0.2, 0) is 14.6 Å². The molecule has 0 spiro atoms. The smallest absolute Gasteiger partial charge is 0.306 e. The van der Waals surface area contributed by atoms with Crippen LogP contribution in [0.2, 0.25) is 0 Å². The van der Waals surface area contributed by atoms with Gasteiger partial charge in [-0.3, -0.25) is 4.79 Å². The Morgan fingerprint density at radius 2 is 1.44 bits per heavy atom. The van der Waals surface area contributed by atoms with Crippen molar-refractivity contribution in [2.24, 2.45) is 5.92 Å². The largest absolute Gasteiger partial charge is 0.481 e. The summed E-state index contributed by atoms with van der Waals surface area (Å²) in [7, 11) is -2.79. The topological polar surface area (TPSA) is 83.5 Å². The molecule has 0 aromatic carbocycles. The van der Waals surface area contributed by atoms with Gasteiger partial charge in [0.25, 0.3) is 0 Å². The molecule has 1 aliphatic heterocycles. The summed E-state index contributed by atoms with van der Waals surface area (Å²) < 4.78 is 22.6. The fraction of sp³-hybridized carbons (Fsp3) is 0.917. The normalized spacial score (nSPS) is 33.1. The van der Waals surface area contributed by atoms with Crippen LogP contribution in [0.3, 0.4) is 0 Å². The number of hydrogen-bond acceptors (Lipinski definition) is 4. The molecule has 6 heteroatoms. The van der Waals surface area contributed by atoms with Gasteiger partial charge in [0.15, 0.2) is 0 Å². The van der Waals surface area contributed by atoms with Crippen LogP contribution in [0.5, 0.6) is 0 Å². The van der Waals surface area contributed by atoms with E-state index in [1.807, 2.05) is 0 Å². The van der Waals surface area contributed by atoms with Gasteiger partial charge in [-0.15, -0.1) is 0 Å². The van der Waals surface area contributed by atoms with Crippen LogP contribution in [0.15, 0.2) is 0 Å². The quantitative estimate of drug-likeness (QED) is 0.796. The Balaban J connectivity index is 1.74. The van der Waals surface area contributed by atoms with Crippen molar-refractivity contribution in [1.29, 1.82) is 0 Å². The highest BCUT2D eigenvalue weighted by Crippen LogP contribution is 2.25. The van der Waals surface area contributed by atoms with Gasteiger partial charge in [0, 0.05) is 12.1 Å². The molecule has 0 radical (unpaired) electrons. The molecule has 0 unspecified atom stereocenters. The van der Waals surface area contributed by atoms with E-state index in [1.54, 1.807) is 0 Å². The van der Waals surface area contributed by atoms with Gasteiger partial charge in [0.2, 0.25) is 0 Å².